The van der Waals surface area contributed by atoms with E-state index in [1.807, 2.05) is 0 Å². The lowest BCUT2D eigenvalue weighted by atomic mass is 9.95. The molecule has 11 heteroatoms. The Morgan fingerprint density at radius 3 is 2.67 bits per heavy atom. The van der Waals surface area contributed by atoms with Crippen LogP contribution in [-0.4, -0.2) is 54.7 Å². The summed E-state index contributed by atoms with van der Waals surface area (Å²) in [6.45, 7) is 4.93. The van der Waals surface area contributed by atoms with Gasteiger partial charge in [-0.25, -0.2) is 9.78 Å². The Kier molecular flexibility index (Phi) is 7.74. The first-order chi connectivity index (χ1) is 19.3. The predicted molar refractivity (Wildman–Crippen MR) is 147 cm³/mol. The van der Waals surface area contributed by atoms with Crippen molar-refractivity contribution in [2.24, 2.45) is 0 Å². The average Bonchev–Trinajstić information content (AvgIpc) is 3.48. The summed E-state index contributed by atoms with van der Waals surface area (Å²) in [5, 5.41) is 11.6. The van der Waals surface area contributed by atoms with Crippen molar-refractivity contribution in [3.63, 3.8) is 0 Å². The number of amides is 1. The highest BCUT2D eigenvalue weighted by atomic mass is 32.1. The SMILES string of the molecule is CCCCOc1cccc(C2/C(=C(/O)c3ccc4c(c3)OCCO4)C(=O)C(=O)N2c2nc(C)c(C(=O)OC)s2)c1. The molecule has 2 aliphatic heterocycles. The van der Waals surface area contributed by atoms with Crippen LogP contribution in [0.25, 0.3) is 5.76 Å². The highest BCUT2D eigenvalue weighted by Gasteiger charge is 2.48. The van der Waals surface area contributed by atoms with E-state index in [-0.39, 0.29) is 26.9 Å². The zero-order valence-electron chi connectivity index (χ0n) is 22.3. The van der Waals surface area contributed by atoms with Crippen LogP contribution in [0.15, 0.2) is 48.0 Å². The largest absolute Gasteiger partial charge is 0.507 e. The monoisotopic (exact) mass is 564 g/mol. The number of aliphatic hydroxyl groups is 1. The molecule has 1 fully saturated rings. The Morgan fingerprint density at radius 1 is 1.15 bits per heavy atom. The number of carbonyl (C=O) groups is 3. The Labute approximate surface area is 234 Å². The topological polar surface area (TPSA) is 124 Å². The molecule has 3 heterocycles. The first-order valence-corrected chi connectivity index (χ1v) is 13.6. The normalized spacial score (nSPS) is 17.7. The molecule has 3 aromatic rings. The predicted octanol–water partition coefficient (Wildman–Crippen LogP) is 4.81. The average molecular weight is 565 g/mol. The molecule has 0 radical (unpaired) electrons. The third-order valence-corrected chi connectivity index (χ3v) is 7.70. The van der Waals surface area contributed by atoms with Crippen molar-refractivity contribution in [3.05, 3.63) is 69.7 Å². The number of ether oxygens (including phenoxy) is 4. The molecule has 1 atom stereocenters. The molecule has 10 nitrogen and oxygen atoms in total. The maximum atomic E-state index is 13.5. The molecule has 5 rings (SSSR count). The number of methoxy groups -OCH3 is 1. The third kappa shape index (κ3) is 5.00. The Balaban J connectivity index is 1.66. The number of fused-ring (bicyclic) bond motifs is 1. The van der Waals surface area contributed by atoms with Gasteiger partial charge in [0.05, 0.1) is 31.0 Å². The summed E-state index contributed by atoms with van der Waals surface area (Å²) in [5.41, 5.74) is 1.05. The van der Waals surface area contributed by atoms with Crippen molar-refractivity contribution in [2.45, 2.75) is 32.7 Å². The lowest BCUT2D eigenvalue weighted by Gasteiger charge is -2.24. The van der Waals surface area contributed by atoms with E-state index in [0.717, 1.165) is 24.2 Å². The van der Waals surface area contributed by atoms with Crippen LogP contribution in [0.5, 0.6) is 17.2 Å². The van der Waals surface area contributed by atoms with Gasteiger partial charge in [0.2, 0.25) is 0 Å². The van der Waals surface area contributed by atoms with E-state index in [9.17, 15) is 19.5 Å². The van der Waals surface area contributed by atoms with Crippen LogP contribution >= 0.6 is 11.3 Å². The van der Waals surface area contributed by atoms with E-state index in [4.69, 9.17) is 18.9 Å². The zero-order chi connectivity index (χ0) is 28.4. The number of aromatic nitrogens is 1. The van der Waals surface area contributed by atoms with Gasteiger partial charge in [0.25, 0.3) is 5.78 Å². The van der Waals surface area contributed by atoms with Crippen LogP contribution in [0.2, 0.25) is 0 Å². The number of aliphatic hydroxyl groups excluding tert-OH is 1. The summed E-state index contributed by atoms with van der Waals surface area (Å²) in [4.78, 5) is 45.2. The molecule has 40 heavy (non-hydrogen) atoms. The van der Waals surface area contributed by atoms with Crippen LogP contribution in [0.3, 0.4) is 0 Å². The first kappa shape index (κ1) is 27.2. The molecule has 1 aromatic heterocycles. The van der Waals surface area contributed by atoms with Crippen LogP contribution in [0, 0.1) is 6.92 Å². The van der Waals surface area contributed by atoms with Crippen LogP contribution in [-0.2, 0) is 14.3 Å². The Bertz CT molecular complexity index is 1510. The quantitative estimate of drug-likeness (QED) is 0.135. The molecule has 0 saturated carbocycles. The molecule has 1 amide bonds. The highest BCUT2D eigenvalue weighted by Crippen LogP contribution is 2.45. The molecule has 0 bridgehead atoms. The second-order valence-electron chi connectivity index (χ2n) is 9.20. The number of esters is 1. The standard InChI is InChI=1S/C29H28N2O8S/c1-4-5-11-37-19-8-6-7-17(14-19)23-22(24(32)18-9-10-20-21(15-18)39-13-12-38-20)25(33)27(34)31(23)29-30-16(2)26(40-29)28(35)36-3/h6-10,14-15,23,32H,4-5,11-13H2,1-3H3/b24-22-. The second kappa shape index (κ2) is 11.4. The van der Waals surface area contributed by atoms with Gasteiger partial charge in [-0.2, -0.15) is 0 Å². The van der Waals surface area contributed by atoms with Gasteiger partial charge in [-0.05, 0) is 49.2 Å². The van der Waals surface area contributed by atoms with Crippen LogP contribution in [0.4, 0.5) is 5.13 Å². The number of carbonyl (C=O) groups excluding carboxylic acids is 3. The third-order valence-electron chi connectivity index (χ3n) is 6.56. The van der Waals surface area contributed by atoms with Crippen molar-refractivity contribution in [2.75, 3.05) is 31.8 Å². The number of rotatable bonds is 8. The number of aryl methyl sites for hydroxylation is 1. The van der Waals surface area contributed by atoms with Gasteiger partial charge in [0, 0.05) is 5.56 Å². The van der Waals surface area contributed by atoms with Gasteiger partial charge in [0.1, 0.15) is 29.6 Å². The number of hydrogen-bond acceptors (Lipinski definition) is 10. The molecule has 1 saturated heterocycles. The van der Waals surface area contributed by atoms with Gasteiger partial charge in [0.15, 0.2) is 16.6 Å². The van der Waals surface area contributed by atoms with Gasteiger partial charge >= 0.3 is 11.9 Å². The summed E-state index contributed by atoms with van der Waals surface area (Å²) >= 11 is 0.938. The van der Waals surface area contributed by atoms with Crippen molar-refractivity contribution in [3.8, 4) is 17.2 Å². The lowest BCUT2D eigenvalue weighted by Crippen LogP contribution is -2.29. The number of nitrogens with zero attached hydrogens (tertiary/aromatic N) is 2. The van der Waals surface area contributed by atoms with Crippen molar-refractivity contribution in [1.29, 1.82) is 0 Å². The highest BCUT2D eigenvalue weighted by molar-refractivity contribution is 7.17. The summed E-state index contributed by atoms with van der Waals surface area (Å²) < 4.78 is 22.0. The van der Waals surface area contributed by atoms with Gasteiger partial charge < -0.3 is 24.1 Å². The molecule has 1 unspecified atom stereocenters. The molecule has 2 aliphatic rings. The van der Waals surface area contributed by atoms with E-state index in [2.05, 4.69) is 11.9 Å². The number of thiazole rings is 1. The van der Waals surface area contributed by atoms with E-state index >= 15 is 0 Å². The van der Waals surface area contributed by atoms with Crippen LogP contribution < -0.4 is 19.1 Å². The Morgan fingerprint density at radius 2 is 1.93 bits per heavy atom. The number of anilines is 1. The Hall–Kier alpha value is -4.38. The fourth-order valence-electron chi connectivity index (χ4n) is 4.57. The second-order valence-corrected chi connectivity index (χ2v) is 10.2. The van der Waals surface area contributed by atoms with E-state index < -0.39 is 23.7 Å². The molecular weight excluding hydrogens is 536 g/mol. The van der Waals surface area contributed by atoms with Crippen molar-refractivity contribution >= 4 is 39.9 Å². The lowest BCUT2D eigenvalue weighted by molar-refractivity contribution is -0.132. The summed E-state index contributed by atoms with van der Waals surface area (Å²) in [7, 11) is 1.25. The fourth-order valence-corrected chi connectivity index (χ4v) is 5.58. The maximum Gasteiger partial charge on any atom is 0.350 e. The van der Waals surface area contributed by atoms with Gasteiger partial charge in [-0.1, -0.05) is 36.8 Å². The number of benzene rings is 2. The number of Topliss-reactive ketones (excluding diaryl/α,β-unsaturated/α-hetero) is 1. The number of ketones is 1. The minimum atomic E-state index is -1.04. The summed E-state index contributed by atoms with van der Waals surface area (Å²) in [6, 6.07) is 10.8. The smallest absolute Gasteiger partial charge is 0.350 e. The summed E-state index contributed by atoms with van der Waals surface area (Å²) in [5.74, 6) is -1.25. The minimum Gasteiger partial charge on any atom is -0.507 e. The molecule has 208 valence electrons. The summed E-state index contributed by atoms with van der Waals surface area (Å²) in [6.07, 6.45) is 1.82. The van der Waals surface area contributed by atoms with Crippen molar-refractivity contribution in [1.82, 2.24) is 4.98 Å². The molecular formula is C29H28N2O8S. The van der Waals surface area contributed by atoms with Crippen molar-refractivity contribution < 1.29 is 38.4 Å². The van der Waals surface area contributed by atoms with Gasteiger partial charge in [-0.15, -0.1) is 0 Å². The van der Waals surface area contributed by atoms with Gasteiger partial charge in [-0.3, -0.25) is 14.5 Å². The number of unbranched alkanes of at least 4 members (excludes halogenated alkanes) is 1. The van der Waals surface area contributed by atoms with E-state index in [1.54, 1.807) is 49.4 Å². The molecule has 1 N–H and O–H groups in total. The maximum absolute atomic E-state index is 13.5. The van der Waals surface area contributed by atoms with E-state index in [1.165, 1.54) is 12.0 Å². The number of hydrogen-bond donors (Lipinski definition) is 1. The minimum absolute atomic E-state index is 0.125. The first-order valence-electron chi connectivity index (χ1n) is 12.8. The molecule has 2 aromatic carbocycles. The van der Waals surface area contributed by atoms with Crippen LogP contribution in [0.1, 0.15) is 52.3 Å². The molecule has 0 spiro atoms. The zero-order valence-corrected chi connectivity index (χ0v) is 23.1. The van der Waals surface area contributed by atoms with E-state index in [0.29, 0.717) is 48.3 Å². The fraction of sp³-hybridized carbons (Fsp3) is 0.310. The molecule has 0 aliphatic carbocycles.